The van der Waals surface area contributed by atoms with Crippen molar-refractivity contribution in [2.75, 3.05) is 17.6 Å². The molecule has 3 N–H and O–H groups in total. The van der Waals surface area contributed by atoms with E-state index in [1.165, 1.54) is 23.2 Å². The van der Waals surface area contributed by atoms with Crippen LogP contribution < -0.4 is 11.1 Å². The maximum absolute atomic E-state index is 14.5. The van der Waals surface area contributed by atoms with Gasteiger partial charge in [-0.1, -0.05) is 12.1 Å². The zero-order valence-electron chi connectivity index (χ0n) is 21.9. The predicted octanol–water partition coefficient (Wildman–Crippen LogP) is 5.15. The number of pyridine rings is 1. The summed E-state index contributed by atoms with van der Waals surface area (Å²) in [5, 5.41) is 2.36. The molecule has 5 heterocycles. The first-order chi connectivity index (χ1) is 19.9. The van der Waals surface area contributed by atoms with Crippen LogP contribution in [0, 0.1) is 0 Å². The second-order valence-corrected chi connectivity index (χ2v) is 10.4. The number of benzene rings is 1. The summed E-state index contributed by atoms with van der Waals surface area (Å²) in [5.41, 5.74) is 6.94. The summed E-state index contributed by atoms with van der Waals surface area (Å²) in [7, 11) is 0. The molecule has 4 aromatic rings. The summed E-state index contributed by atoms with van der Waals surface area (Å²) in [5.74, 6) is -3.74. The van der Waals surface area contributed by atoms with E-state index < -0.39 is 36.0 Å². The van der Waals surface area contributed by atoms with Gasteiger partial charge < -0.3 is 16.0 Å². The quantitative estimate of drug-likeness (QED) is 0.320. The number of carbonyl (C=O) groups excluding carboxylic acids is 2. The van der Waals surface area contributed by atoms with Crippen molar-refractivity contribution >= 4 is 29.0 Å². The molecule has 3 aromatic heterocycles. The molecule has 2 aliphatic heterocycles. The van der Waals surface area contributed by atoms with E-state index in [0.717, 1.165) is 18.3 Å². The van der Waals surface area contributed by atoms with Gasteiger partial charge in [-0.15, -0.1) is 0 Å². The highest BCUT2D eigenvalue weighted by atomic mass is 19.4. The van der Waals surface area contributed by atoms with Gasteiger partial charge in [0, 0.05) is 55.0 Å². The molecule has 0 unspecified atom stereocenters. The van der Waals surface area contributed by atoms with E-state index in [1.807, 2.05) is 0 Å². The molecule has 42 heavy (non-hydrogen) atoms. The van der Waals surface area contributed by atoms with Gasteiger partial charge in [0.05, 0.1) is 11.6 Å². The van der Waals surface area contributed by atoms with Crippen LogP contribution in [-0.2, 0) is 11.0 Å². The number of anilines is 2. The maximum atomic E-state index is 14.5. The lowest BCUT2D eigenvalue weighted by Gasteiger charge is -2.45. The molecule has 2 amide bonds. The van der Waals surface area contributed by atoms with Crippen molar-refractivity contribution in [1.82, 2.24) is 24.3 Å². The number of aromatic nitrogens is 4. The number of halogens is 5. The molecule has 2 aliphatic rings. The Morgan fingerprint density at radius 2 is 1.83 bits per heavy atom. The van der Waals surface area contributed by atoms with Gasteiger partial charge in [0.15, 0.2) is 0 Å². The third kappa shape index (κ3) is 4.90. The topological polar surface area (TPSA) is 119 Å². The molecule has 0 saturated carbocycles. The highest BCUT2D eigenvalue weighted by molar-refractivity contribution is 6.04. The number of nitrogens with two attached hydrogens (primary N) is 1. The Bertz CT molecular complexity index is 1690. The van der Waals surface area contributed by atoms with Gasteiger partial charge in [-0.3, -0.25) is 14.0 Å². The van der Waals surface area contributed by atoms with Gasteiger partial charge >= 0.3 is 6.18 Å². The second-order valence-electron chi connectivity index (χ2n) is 10.4. The van der Waals surface area contributed by atoms with Crippen molar-refractivity contribution in [3.8, 4) is 11.3 Å². The maximum Gasteiger partial charge on any atom is 0.416 e. The molecule has 9 nitrogen and oxygen atoms in total. The molecule has 1 aromatic carbocycles. The van der Waals surface area contributed by atoms with Crippen LogP contribution in [0.25, 0.3) is 16.8 Å². The average molecular weight is 586 g/mol. The van der Waals surface area contributed by atoms with Crippen LogP contribution in [0.2, 0.25) is 0 Å². The zero-order chi connectivity index (χ0) is 29.8. The van der Waals surface area contributed by atoms with E-state index in [9.17, 15) is 31.5 Å². The summed E-state index contributed by atoms with van der Waals surface area (Å²) in [6.07, 6.45) is -0.572. The predicted molar refractivity (Wildman–Crippen MR) is 142 cm³/mol. The lowest BCUT2D eigenvalue weighted by atomic mass is 9.84. The van der Waals surface area contributed by atoms with Crippen LogP contribution >= 0.6 is 0 Å². The first-order valence-corrected chi connectivity index (χ1v) is 13.2. The molecule has 2 atom stereocenters. The van der Waals surface area contributed by atoms with Crippen molar-refractivity contribution in [2.24, 2.45) is 0 Å². The fraction of sp³-hybridized carbons (Fsp3) is 0.321. The SMILES string of the molecule is Nc1nccn2c([C@@H]3CC[C@@H]4N(C3)C(=O)CCC4(F)F)nc(-c3ccc(C(=O)Nc4cc(C(F)(F)F)ccn4)cc3)c12. The van der Waals surface area contributed by atoms with Crippen LogP contribution in [0.1, 0.15) is 53.3 Å². The number of hydrogen-bond donors (Lipinski definition) is 2. The Morgan fingerprint density at radius 3 is 2.57 bits per heavy atom. The molecule has 2 fully saturated rings. The van der Waals surface area contributed by atoms with Gasteiger partial charge in [0.25, 0.3) is 11.8 Å². The van der Waals surface area contributed by atoms with Crippen molar-refractivity contribution < 1.29 is 31.5 Å². The summed E-state index contributed by atoms with van der Waals surface area (Å²) < 4.78 is 69.8. The largest absolute Gasteiger partial charge is 0.416 e. The smallest absolute Gasteiger partial charge is 0.382 e. The Kier molecular flexibility index (Phi) is 6.58. The first-order valence-electron chi connectivity index (χ1n) is 13.2. The molecule has 0 aliphatic carbocycles. The number of hydrogen-bond acceptors (Lipinski definition) is 6. The number of nitrogens with one attached hydrogen (secondary N) is 1. The van der Waals surface area contributed by atoms with Crippen molar-refractivity contribution in [1.29, 1.82) is 0 Å². The minimum absolute atomic E-state index is 0.0998. The lowest BCUT2D eigenvalue weighted by Crippen LogP contribution is -2.58. The van der Waals surface area contributed by atoms with Crippen molar-refractivity contribution in [3.63, 3.8) is 0 Å². The zero-order valence-corrected chi connectivity index (χ0v) is 21.9. The number of fused-ring (bicyclic) bond motifs is 2. The number of amides is 2. The van der Waals surface area contributed by atoms with Crippen molar-refractivity contribution in [2.45, 2.75) is 49.7 Å². The van der Waals surface area contributed by atoms with Gasteiger partial charge in [-0.05, 0) is 37.1 Å². The van der Waals surface area contributed by atoms with Gasteiger partial charge in [-0.25, -0.2) is 23.7 Å². The molecule has 0 bridgehead atoms. The minimum Gasteiger partial charge on any atom is -0.382 e. The van der Waals surface area contributed by atoms with Gasteiger partial charge in [0.2, 0.25) is 5.91 Å². The van der Waals surface area contributed by atoms with Crippen LogP contribution in [0.4, 0.5) is 33.6 Å². The summed E-state index contributed by atoms with van der Waals surface area (Å²) >= 11 is 0. The number of alkyl halides is 5. The Hall–Kier alpha value is -4.62. The van der Waals surface area contributed by atoms with Crippen LogP contribution in [0.3, 0.4) is 0 Å². The molecule has 0 spiro atoms. The lowest BCUT2D eigenvalue weighted by molar-refractivity contribution is -0.166. The number of rotatable bonds is 4. The minimum atomic E-state index is -4.58. The molecular weight excluding hydrogens is 561 g/mol. The number of imidazole rings is 1. The van der Waals surface area contributed by atoms with Crippen LogP contribution in [0.5, 0.6) is 0 Å². The van der Waals surface area contributed by atoms with E-state index in [4.69, 9.17) is 10.7 Å². The fourth-order valence-corrected chi connectivity index (χ4v) is 5.70. The summed E-state index contributed by atoms with van der Waals surface area (Å²) in [6.45, 7) is 0.0998. The number of nitrogen functional groups attached to an aromatic ring is 1. The first kappa shape index (κ1) is 27.5. The number of carbonyl (C=O) groups is 2. The highest BCUT2D eigenvalue weighted by Crippen LogP contribution is 2.43. The summed E-state index contributed by atoms with van der Waals surface area (Å²) in [4.78, 5) is 39.3. The average Bonchev–Trinajstić information content (AvgIpc) is 3.36. The van der Waals surface area contributed by atoms with E-state index >= 15 is 0 Å². The van der Waals surface area contributed by atoms with E-state index in [0.29, 0.717) is 29.0 Å². The van der Waals surface area contributed by atoms with Gasteiger partial charge in [0.1, 0.15) is 28.7 Å². The normalized spacial score (nSPS) is 20.4. The van der Waals surface area contributed by atoms with Crippen LogP contribution in [-0.4, -0.2) is 54.6 Å². The highest BCUT2D eigenvalue weighted by Gasteiger charge is 2.51. The molecule has 2 saturated heterocycles. The third-order valence-electron chi connectivity index (χ3n) is 7.79. The standard InChI is InChI=1S/C28H24F5N7O2/c29-27(30)9-7-21(41)40-14-17(5-6-19(27)40)25-38-22(23-24(34)36-11-12-39(23)25)15-1-3-16(4-2-15)26(42)37-20-13-18(8-10-35-20)28(31,32)33/h1-4,8,10-13,17,19H,5-7,9,14H2,(H2,34,36)(H,35,37,42)/t17-,19+/m1/s1. The molecule has 6 rings (SSSR count). The fourth-order valence-electron chi connectivity index (χ4n) is 5.70. The molecular formula is C28H24F5N7O2. The number of nitrogens with zero attached hydrogens (tertiary/aromatic N) is 5. The molecule has 14 heteroatoms. The van der Waals surface area contributed by atoms with Crippen molar-refractivity contribution in [3.05, 3.63) is 71.9 Å². The Labute approximate surface area is 235 Å². The molecule has 218 valence electrons. The van der Waals surface area contributed by atoms with E-state index in [2.05, 4.69) is 15.3 Å². The van der Waals surface area contributed by atoms with Crippen LogP contribution in [0.15, 0.2) is 55.0 Å². The Morgan fingerprint density at radius 1 is 1.07 bits per heavy atom. The third-order valence-corrected chi connectivity index (χ3v) is 7.79. The monoisotopic (exact) mass is 585 g/mol. The van der Waals surface area contributed by atoms with Gasteiger partial charge in [-0.2, -0.15) is 13.2 Å². The Balaban J connectivity index is 1.28. The molecule has 0 radical (unpaired) electrons. The number of piperidine rings is 2. The second kappa shape index (κ2) is 10.0. The summed E-state index contributed by atoms with van der Waals surface area (Å²) in [6, 6.07) is 6.60. The van der Waals surface area contributed by atoms with E-state index in [1.54, 1.807) is 22.7 Å². The van der Waals surface area contributed by atoms with E-state index in [-0.39, 0.29) is 48.4 Å².